The van der Waals surface area contributed by atoms with Crippen LogP contribution in [0.4, 0.5) is 5.82 Å². The number of esters is 1. The molecule has 0 radical (unpaired) electrons. The summed E-state index contributed by atoms with van der Waals surface area (Å²) < 4.78 is 10.2. The van der Waals surface area contributed by atoms with E-state index in [0.29, 0.717) is 13.2 Å². The van der Waals surface area contributed by atoms with Gasteiger partial charge in [-0.05, 0) is 13.3 Å². The minimum absolute atomic E-state index is 0.149. The number of nitrogens with zero attached hydrogens (tertiary/aromatic N) is 3. The molecule has 0 bridgehead atoms. The monoisotopic (exact) mass is 321 g/mol. The van der Waals surface area contributed by atoms with E-state index in [1.165, 1.54) is 7.11 Å². The molecule has 0 saturated carbocycles. The van der Waals surface area contributed by atoms with Gasteiger partial charge in [0.05, 0.1) is 24.8 Å². The van der Waals surface area contributed by atoms with E-state index in [1.54, 1.807) is 7.11 Å². The van der Waals surface area contributed by atoms with Crippen LogP contribution in [-0.2, 0) is 26.3 Å². The summed E-state index contributed by atoms with van der Waals surface area (Å²) in [7, 11) is 3.10. The van der Waals surface area contributed by atoms with Gasteiger partial charge in [-0.1, -0.05) is 20.8 Å². The van der Waals surface area contributed by atoms with Crippen molar-refractivity contribution < 1.29 is 14.3 Å². The van der Waals surface area contributed by atoms with E-state index < -0.39 is 5.41 Å². The fraction of sp³-hybridized carbons (Fsp3) is 0.706. The second kappa shape index (κ2) is 6.43. The highest BCUT2D eigenvalue weighted by molar-refractivity contribution is 5.78. The molecule has 1 atom stereocenters. The van der Waals surface area contributed by atoms with Gasteiger partial charge in [0, 0.05) is 31.7 Å². The third-order valence-electron chi connectivity index (χ3n) is 4.20. The van der Waals surface area contributed by atoms with Gasteiger partial charge < -0.3 is 14.4 Å². The van der Waals surface area contributed by atoms with Gasteiger partial charge >= 0.3 is 5.97 Å². The Morgan fingerprint density at radius 3 is 2.61 bits per heavy atom. The lowest BCUT2D eigenvalue weighted by Gasteiger charge is -2.25. The van der Waals surface area contributed by atoms with Crippen molar-refractivity contribution in [3.63, 3.8) is 0 Å². The Balaban J connectivity index is 2.32. The summed E-state index contributed by atoms with van der Waals surface area (Å²) in [6.07, 6.45) is 0.758. The quantitative estimate of drug-likeness (QED) is 0.793. The summed E-state index contributed by atoms with van der Waals surface area (Å²) in [5.41, 5.74) is 0.224. The minimum Gasteiger partial charge on any atom is -0.469 e. The number of rotatable bonds is 4. The van der Waals surface area contributed by atoms with Crippen LogP contribution >= 0.6 is 0 Å². The zero-order valence-electron chi connectivity index (χ0n) is 15.0. The number of carbonyl (C=O) groups excluding carboxylic acids is 1. The number of hydrogen-bond donors (Lipinski definition) is 0. The minimum atomic E-state index is -0.483. The average Bonchev–Trinajstić information content (AvgIpc) is 2.89. The van der Waals surface area contributed by atoms with E-state index in [2.05, 4.69) is 30.7 Å². The Morgan fingerprint density at radius 1 is 1.35 bits per heavy atom. The molecule has 6 nitrogen and oxygen atoms in total. The summed E-state index contributed by atoms with van der Waals surface area (Å²) in [5, 5.41) is 0. The van der Waals surface area contributed by atoms with Gasteiger partial charge in [0.25, 0.3) is 0 Å². The molecule has 1 fully saturated rings. The number of carbonyl (C=O) groups is 1. The van der Waals surface area contributed by atoms with Crippen molar-refractivity contribution in [2.24, 2.45) is 5.41 Å². The third-order valence-corrected chi connectivity index (χ3v) is 4.20. The Morgan fingerprint density at radius 2 is 2.04 bits per heavy atom. The van der Waals surface area contributed by atoms with Crippen LogP contribution in [0.25, 0.3) is 0 Å². The molecule has 0 N–H and O–H groups in total. The molecular formula is C17H27N3O3. The second-order valence-electron chi connectivity index (χ2n) is 7.45. The van der Waals surface area contributed by atoms with Crippen LogP contribution in [0.5, 0.6) is 0 Å². The Kier molecular flexibility index (Phi) is 4.94. The standard InChI is InChI=1S/C17H27N3O3/c1-16(2,3)14-18-12(10-22-5)9-13(19-14)20-8-7-17(4,11-20)15(21)23-6/h9H,7-8,10-11H2,1-6H3. The second-order valence-corrected chi connectivity index (χ2v) is 7.45. The van der Waals surface area contributed by atoms with Gasteiger partial charge in [-0.2, -0.15) is 0 Å². The lowest BCUT2D eigenvalue weighted by molar-refractivity contribution is -0.150. The van der Waals surface area contributed by atoms with Crippen LogP contribution in [0.2, 0.25) is 0 Å². The highest BCUT2D eigenvalue weighted by atomic mass is 16.5. The van der Waals surface area contributed by atoms with Crippen molar-refractivity contribution in [3.8, 4) is 0 Å². The molecule has 2 heterocycles. The SMILES string of the molecule is COCc1cc(N2CCC(C)(C(=O)OC)C2)nc(C(C)(C)C)n1. The lowest BCUT2D eigenvalue weighted by Crippen LogP contribution is -2.33. The van der Waals surface area contributed by atoms with E-state index in [-0.39, 0.29) is 11.4 Å². The smallest absolute Gasteiger partial charge is 0.313 e. The third kappa shape index (κ3) is 3.80. The number of aromatic nitrogens is 2. The van der Waals surface area contributed by atoms with Gasteiger partial charge in [0.2, 0.25) is 0 Å². The maximum absolute atomic E-state index is 12.0. The molecule has 0 amide bonds. The van der Waals surface area contributed by atoms with Crippen LogP contribution in [0, 0.1) is 5.41 Å². The molecule has 23 heavy (non-hydrogen) atoms. The molecule has 1 aliphatic rings. The highest BCUT2D eigenvalue weighted by Gasteiger charge is 2.42. The number of methoxy groups -OCH3 is 2. The van der Waals surface area contributed by atoms with Gasteiger partial charge in [-0.25, -0.2) is 9.97 Å². The van der Waals surface area contributed by atoms with Crippen LogP contribution in [0.15, 0.2) is 6.07 Å². The first-order chi connectivity index (χ1) is 10.7. The van der Waals surface area contributed by atoms with E-state index in [1.807, 2.05) is 13.0 Å². The average molecular weight is 321 g/mol. The fourth-order valence-electron chi connectivity index (χ4n) is 2.77. The number of ether oxygens (including phenoxy) is 2. The maximum atomic E-state index is 12.0. The van der Waals surface area contributed by atoms with Crippen molar-refractivity contribution in [1.82, 2.24) is 9.97 Å². The summed E-state index contributed by atoms with van der Waals surface area (Å²) in [4.78, 5) is 23.5. The molecule has 128 valence electrons. The molecule has 6 heteroatoms. The van der Waals surface area contributed by atoms with Gasteiger partial charge in [0.1, 0.15) is 11.6 Å². The van der Waals surface area contributed by atoms with Gasteiger partial charge in [-0.15, -0.1) is 0 Å². The first-order valence-electron chi connectivity index (χ1n) is 7.90. The molecule has 0 aliphatic carbocycles. The Hall–Kier alpha value is -1.69. The predicted octanol–water partition coefficient (Wildman–Crippen LogP) is 2.31. The number of hydrogen-bond acceptors (Lipinski definition) is 6. The molecular weight excluding hydrogens is 294 g/mol. The summed E-state index contributed by atoms with van der Waals surface area (Å²) >= 11 is 0. The highest BCUT2D eigenvalue weighted by Crippen LogP contribution is 2.34. The summed E-state index contributed by atoms with van der Waals surface area (Å²) in [6.45, 7) is 10.0. The topological polar surface area (TPSA) is 64.5 Å². The molecule has 1 aromatic heterocycles. The first-order valence-corrected chi connectivity index (χ1v) is 7.90. The molecule has 1 saturated heterocycles. The fourth-order valence-corrected chi connectivity index (χ4v) is 2.77. The van der Waals surface area contributed by atoms with Crippen LogP contribution < -0.4 is 4.90 Å². The molecule has 1 aromatic rings. The normalized spacial score (nSPS) is 21.6. The van der Waals surface area contributed by atoms with Crippen LogP contribution in [0.3, 0.4) is 0 Å². The predicted molar refractivity (Wildman–Crippen MR) is 88.4 cm³/mol. The Bertz CT molecular complexity index is 583. The van der Waals surface area contributed by atoms with E-state index in [9.17, 15) is 4.79 Å². The summed E-state index contributed by atoms with van der Waals surface area (Å²) in [6, 6.07) is 1.95. The molecule has 0 spiro atoms. The van der Waals surface area contributed by atoms with Crippen LogP contribution in [-0.4, -0.2) is 43.2 Å². The lowest BCUT2D eigenvalue weighted by atomic mass is 9.90. The van der Waals surface area contributed by atoms with Crippen molar-refractivity contribution >= 4 is 11.8 Å². The molecule has 0 aromatic carbocycles. The van der Waals surface area contributed by atoms with Gasteiger partial charge in [0.15, 0.2) is 0 Å². The van der Waals surface area contributed by atoms with Crippen molar-refractivity contribution in [3.05, 3.63) is 17.6 Å². The molecule has 2 rings (SSSR count). The zero-order valence-corrected chi connectivity index (χ0v) is 15.0. The van der Waals surface area contributed by atoms with E-state index in [0.717, 1.165) is 30.3 Å². The first kappa shape index (κ1) is 17.7. The van der Waals surface area contributed by atoms with E-state index in [4.69, 9.17) is 14.5 Å². The number of anilines is 1. The Labute approximate surface area is 138 Å². The van der Waals surface area contributed by atoms with Gasteiger partial charge in [-0.3, -0.25) is 4.79 Å². The summed E-state index contributed by atoms with van der Waals surface area (Å²) in [5.74, 6) is 1.47. The maximum Gasteiger partial charge on any atom is 0.313 e. The molecule has 1 unspecified atom stereocenters. The van der Waals surface area contributed by atoms with E-state index >= 15 is 0 Å². The zero-order chi connectivity index (χ0) is 17.3. The van der Waals surface area contributed by atoms with Crippen LogP contribution in [0.1, 0.15) is 45.6 Å². The van der Waals surface area contributed by atoms with Crippen molar-refractivity contribution in [2.45, 2.75) is 46.1 Å². The largest absolute Gasteiger partial charge is 0.469 e. The molecule has 1 aliphatic heterocycles. The van der Waals surface area contributed by atoms with Crippen molar-refractivity contribution in [2.75, 3.05) is 32.2 Å². The van der Waals surface area contributed by atoms with Crippen molar-refractivity contribution in [1.29, 1.82) is 0 Å².